The predicted molar refractivity (Wildman–Crippen MR) is 135 cm³/mol. The highest BCUT2D eigenvalue weighted by molar-refractivity contribution is 5.98. The number of hydrogen-bond acceptors (Lipinski definition) is 5. The van der Waals surface area contributed by atoms with E-state index >= 15 is 0 Å². The molecule has 3 heterocycles. The summed E-state index contributed by atoms with van der Waals surface area (Å²) in [5.41, 5.74) is 1.59. The maximum Gasteiger partial charge on any atom is 0.409 e. The van der Waals surface area contributed by atoms with Crippen LogP contribution in [-0.2, 0) is 4.74 Å². The number of ether oxygens (including phenoxy) is 2. The number of piperidine rings is 1. The lowest BCUT2D eigenvalue weighted by Gasteiger charge is -2.32. The lowest BCUT2D eigenvalue weighted by molar-refractivity contribution is 0.0496. The van der Waals surface area contributed by atoms with E-state index in [0.717, 1.165) is 29.6 Å². The molecule has 1 saturated heterocycles. The minimum absolute atomic E-state index is 0.0214. The van der Waals surface area contributed by atoms with Gasteiger partial charge in [-0.15, -0.1) is 0 Å². The highest BCUT2D eigenvalue weighted by Gasteiger charge is 2.26. The highest BCUT2D eigenvalue weighted by atomic mass is 16.6. The van der Waals surface area contributed by atoms with E-state index in [4.69, 9.17) is 9.47 Å². The Morgan fingerprint density at radius 1 is 1.09 bits per heavy atom. The molecule has 0 atom stereocenters. The lowest BCUT2D eigenvalue weighted by atomic mass is 9.99. The fourth-order valence-corrected chi connectivity index (χ4v) is 4.04. The predicted octanol–water partition coefficient (Wildman–Crippen LogP) is 4.75. The fraction of sp³-hybridized carbons (Fsp3) is 0.444. The summed E-state index contributed by atoms with van der Waals surface area (Å²) in [5.74, 6) is 1.46. The fourth-order valence-electron chi connectivity index (χ4n) is 4.04. The van der Waals surface area contributed by atoms with E-state index in [0.29, 0.717) is 31.0 Å². The van der Waals surface area contributed by atoms with Crippen LogP contribution in [0.3, 0.4) is 0 Å². The number of aromatic nitrogens is 2. The van der Waals surface area contributed by atoms with E-state index in [1.165, 1.54) is 0 Å². The first kappa shape index (κ1) is 24.6. The van der Waals surface area contributed by atoms with Crippen molar-refractivity contribution in [1.29, 1.82) is 0 Å². The molecule has 0 saturated carbocycles. The van der Waals surface area contributed by atoms with Crippen molar-refractivity contribution >= 4 is 22.9 Å². The zero-order chi connectivity index (χ0) is 25.2. The van der Waals surface area contributed by atoms with Gasteiger partial charge in [0.2, 0.25) is 0 Å². The molecule has 1 fully saturated rings. The molecule has 0 aliphatic carbocycles. The number of amides is 2. The number of rotatable bonds is 5. The standard InChI is InChI=1S/C27H34N4O4/c1-27(2,3)18-34-26(33)30-13-11-21(12-14-30)35-22-7-9-24(28-17-22)31-15-10-19-16-20(6-8-23(19)31)25(32)29(4)5/h6-10,15-17,21H,11-14,18H2,1-5H3. The third-order valence-electron chi connectivity index (χ3n) is 5.94. The Kier molecular flexibility index (Phi) is 7.00. The van der Waals surface area contributed by atoms with Crippen LogP contribution in [0.4, 0.5) is 4.79 Å². The van der Waals surface area contributed by atoms with Crippen LogP contribution in [0.25, 0.3) is 16.7 Å². The van der Waals surface area contributed by atoms with Crippen LogP contribution in [-0.4, -0.2) is 71.2 Å². The Bertz CT molecular complexity index is 1190. The third-order valence-corrected chi connectivity index (χ3v) is 5.94. The van der Waals surface area contributed by atoms with Gasteiger partial charge in [-0.2, -0.15) is 0 Å². The Hall–Kier alpha value is -3.55. The van der Waals surface area contributed by atoms with Gasteiger partial charge in [0.15, 0.2) is 0 Å². The second kappa shape index (κ2) is 9.98. The molecule has 35 heavy (non-hydrogen) atoms. The molecule has 186 valence electrons. The molecule has 0 spiro atoms. The van der Waals surface area contributed by atoms with Crippen LogP contribution in [0.1, 0.15) is 44.0 Å². The quantitative estimate of drug-likeness (QED) is 0.529. The smallest absolute Gasteiger partial charge is 0.409 e. The van der Waals surface area contributed by atoms with Crippen LogP contribution in [0.5, 0.6) is 5.75 Å². The van der Waals surface area contributed by atoms with Crippen molar-refractivity contribution in [2.75, 3.05) is 33.8 Å². The summed E-state index contributed by atoms with van der Waals surface area (Å²) in [4.78, 5) is 32.4. The van der Waals surface area contributed by atoms with Gasteiger partial charge in [-0.05, 0) is 41.8 Å². The molecule has 0 N–H and O–H groups in total. The third kappa shape index (κ3) is 5.93. The van der Waals surface area contributed by atoms with Crippen molar-refractivity contribution in [3.8, 4) is 11.6 Å². The van der Waals surface area contributed by atoms with Gasteiger partial charge in [-0.3, -0.25) is 4.79 Å². The number of fused-ring (bicyclic) bond motifs is 1. The van der Waals surface area contributed by atoms with E-state index in [9.17, 15) is 9.59 Å². The van der Waals surface area contributed by atoms with E-state index in [1.54, 1.807) is 30.1 Å². The van der Waals surface area contributed by atoms with Crippen molar-refractivity contribution in [2.45, 2.75) is 39.7 Å². The Morgan fingerprint density at radius 2 is 1.83 bits per heavy atom. The summed E-state index contributed by atoms with van der Waals surface area (Å²) < 4.78 is 13.5. The number of hydrogen-bond donors (Lipinski definition) is 0. The number of likely N-dealkylation sites (tertiary alicyclic amines) is 1. The van der Waals surface area contributed by atoms with E-state index in [-0.39, 0.29) is 23.5 Å². The molecular weight excluding hydrogens is 444 g/mol. The largest absolute Gasteiger partial charge is 0.489 e. The maximum atomic E-state index is 12.3. The van der Waals surface area contributed by atoms with Crippen molar-refractivity contribution in [3.63, 3.8) is 0 Å². The van der Waals surface area contributed by atoms with Gasteiger partial charge < -0.3 is 23.8 Å². The first-order valence-electron chi connectivity index (χ1n) is 12.0. The number of carbonyl (C=O) groups excluding carboxylic acids is 2. The topological polar surface area (TPSA) is 76.9 Å². The molecule has 0 radical (unpaired) electrons. The zero-order valence-electron chi connectivity index (χ0n) is 21.2. The summed E-state index contributed by atoms with van der Waals surface area (Å²) in [7, 11) is 3.49. The van der Waals surface area contributed by atoms with Crippen molar-refractivity contribution in [3.05, 3.63) is 54.4 Å². The molecular formula is C27H34N4O4. The molecule has 8 heteroatoms. The van der Waals surface area contributed by atoms with E-state index in [2.05, 4.69) is 4.98 Å². The first-order valence-corrected chi connectivity index (χ1v) is 12.0. The Balaban J connectivity index is 1.35. The highest BCUT2D eigenvalue weighted by Crippen LogP contribution is 2.24. The molecule has 0 unspecified atom stereocenters. The van der Waals surface area contributed by atoms with Crippen LogP contribution < -0.4 is 4.74 Å². The first-order chi connectivity index (χ1) is 16.6. The minimum atomic E-state index is -0.249. The second-order valence-electron chi connectivity index (χ2n) is 10.4. The molecule has 1 aliphatic heterocycles. The van der Waals surface area contributed by atoms with Crippen LogP contribution >= 0.6 is 0 Å². The monoisotopic (exact) mass is 478 g/mol. The molecule has 0 bridgehead atoms. The van der Waals surface area contributed by atoms with E-state index < -0.39 is 0 Å². The van der Waals surface area contributed by atoms with Gasteiger partial charge >= 0.3 is 6.09 Å². The Labute approximate surface area is 206 Å². The molecule has 1 aliphatic rings. The molecule has 2 aromatic heterocycles. The SMILES string of the molecule is CN(C)C(=O)c1ccc2c(ccn2-c2ccc(OC3CCN(C(=O)OCC(C)(C)C)CC3)cn2)c1. The number of benzene rings is 1. The molecule has 4 rings (SSSR count). The zero-order valence-corrected chi connectivity index (χ0v) is 21.2. The minimum Gasteiger partial charge on any atom is -0.489 e. The van der Waals surface area contributed by atoms with Crippen LogP contribution in [0.2, 0.25) is 0 Å². The summed E-state index contributed by atoms with van der Waals surface area (Å²) in [6.07, 6.45) is 4.97. The second-order valence-corrected chi connectivity index (χ2v) is 10.4. The van der Waals surface area contributed by atoms with Crippen molar-refractivity contribution in [2.24, 2.45) is 5.41 Å². The molecule has 8 nitrogen and oxygen atoms in total. The van der Waals surface area contributed by atoms with Gasteiger partial charge in [0, 0.05) is 57.2 Å². The van der Waals surface area contributed by atoms with Gasteiger partial charge in [0.05, 0.1) is 18.3 Å². The maximum absolute atomic E-state index is 12.3. The molecule has 2 amide bonds. The number of pyridine rings is 1. The summed E-state index contributed by atoms with van der Waals surface area (Å²) in [5, 5.41) is 0.979. The summed E-state index contributed by atoms with van der Waals surface area (Å²) in [6, 6.07) is 11.5. The Morgan fingerprint density at radius 3 is 2.46 bits per heavy atom. The van der Waals surface area contributed by atoms with E-state index in [1.807, 2.05) is 67.9 Å². The van der Waals surface area contributed by atoms with Crippen LogP contribution in [0, 0.1) is 5.41 Å². The normalized spacial score (nSPS) is 14.7. The van der Waals surface area contributed by atoms with Gasteiger partial charge in [-0.1, -0.05) is 20.8 Å². The van der Waals surface area contributed by atoms with Crippen molar-refractivity contribution < 1.29 is 19.1 Å². The lowest BCUT2D eigenvalue weighted by Crippen LogP contribution is -2.42. The summed E-state index contributed by atoms with van der Waals surface area (Å²) in [6.45, 7) is 7.78. The van der Waals surface area contributed by atoms with Gasteiger partial charge in [-0.25, -0.2) is 9.78 Å². The van der Waals surface area contributed by atoms with Gasteiger partial charge in [0.25, 0.3) is 5.91 Å². The number of carbonyl (C=O) groups is 2. The average Bonchev–Trinajstić information content (AvgIpc) is 3.26. The number of nitrogens with zero attached hydrogens (tertiary/aromatic N) is 4. The summed E-state index contributed by atoms with van der Waals surface area (Å²) >= 11 is 0. The molecule has 1 aromatic carbocycles. The molecule has 3 aromatic rings. The van der Waals surface area contributed by atoms with Crippen LogP contribution in [0.15, 0.2) is 48.8 Å². The van der Waals surface area contributed by atoms with Gasteiger partial charge in [0.1, 0.15) is 17.7 Å². The van der Waals surface area contributed by atoms with Crippen molar-refractivity contribution in [1.82, 2.24) is 19.4 Å². The average molecular weight is 479 g/mol.